The largest absolute Gasteiger partial charge is 0.396 e. The number of anilines is 1. The molecular formula is C10H14INO. The lowest BCUT2D eigenvalue weighted by atomic mass is 10.3. The maximum absolute atomic E-state index is 8.59. The maximum atomic E-state index is 8.59. The molecule has 72 valence electrons. The Hall–Kier alpha value is -0.290. The van der Waals surface area contributed by atoms with Gasteiger partial charge in [-0.3, -0.25) is 0 Å². The molecule has 0 radical (unpaired) electrons. The Morgan fingerprint density at radius 3 is 2.69 bits per heavy atom. The molecule has 0 aliphatic rings. The van der Waals surface area contributed by atoms with E-state index in [0.717, 1.165) is 19.4 Å². The molecule has 0 heterocycles. The highest BCUT2D eigenvalue weighted by Gasteiger charge is 1.95. The number of rotatable bonds is 5. The Kier molecular flexibility index (Phi) is 5.15. The topological polar surface area (TPSA) is 32.3 Å². The quantitative estimate of drug-likeness (QED) is 0.645. The van der Waals surface area contributed by atoms with Crippen LogP contribution in [0.2, 0.25) is 0 Å². The Morgan fingerprint density at radius 1 is 1.23 bits per heavy atom. The molecule has 0 spiro atoms. The van der Waals surface area contributed by atoms with Crippen LogP contribution in [0, 0.1) is 3.57 Å². The fraction of sp³-hybridized carbons (Fsp3) is 0.400. The van der Waals surface area contributed by atoms with E-state index in [4.69, 9.17) is 5.11 Å². The second-order valence-electron chi connectivity index (χ2n) is 2.84. The van der Waals surface area contributed by atoms with Gasteiger partial charge in [0.15, 0.2) is 0 Å². The summed E-state index contributed by atoms with van der Waals surface area (Å²) in [6, 6.07) is 8.20. The summed E-state index contributed by atoms with van der Waals surface area (Å²) in [5.74, 6) is 0. The van der Waals surface area contributed by atoms with Crippen molar-refractivity contribution in [3.63, 3.8) is 0 Å². The first-order valence-corrected chi connectivity index (χ1v) is 5.51. The van der Waals surface area contributed by atoms with Crippen LogP contribution in [0.4, 0.5) is 5.69 Å². The Morgan fingerprint density at radius 2 is 2.00 bits per heavy atom. The van der Waals surface area contributed by atoms with Gasteiger partial charge in [-0.2, -0.15) is 0 Å². The summed E-state index contributed by atoms with van der Waals surface area (Å²) < 4.78 is 1.24. The summed E-state index contributed by atoms with van der Waals surface area (Å²) in [6.07, 6.45) is 1.89. The number of unbranched alkanes of at least 4 members (excludes halogenated alkanes) is 1. The van der Waals surface area contributed by atoms with Gasteiger partial charge in [-0.1, -0.05) is 12.1 Å². The predicted molar refractivity (Wildman–Crippen MR) is 64.0 cm³/mol. The van der Waals surface area contributed by atoms with Crippen molar-refractivity contribution in [2.24, 2.45) is 0 Å². The van der Waals surface area contributed by atoms with Crippen molar-refractivity contribution in [1.82, 2.24) is 0 Å². The Labute approximate surface area is 92.5 Å². The molecule has 1 aromatic rings. The molecule has 2 N–H and O–H groups in total. The highest BCUT2D eigenvalue weighted by Crippen LogP contribution is 2.16. The molecule has 0 atom stereocenters. The molecule has 0 amide bonds. The van der Waals surface area contributed by atoms with Crippen LogP contribution in [0.5, 0.6) is 0 Å². The summed E-state index contributed by atoms with van der Waals surface area (Å²) in [5, 5.41) is 11.9. The van der Waals surface area contributed by atoms with Gasteiger partial charge >= 0.3 is 0 Å². The molecule has 0 unspecified atom stereocenters. The Bertz CT molecular complexity index is 252. The summed E-state index contributed by atoms with van der Waals surface area (Å²) in [6.45, 7) is 1.22. The third kappa shape index (κ3) is 3.95. The van der Waals surface area contributed by atoms with Gasteiger partial charge in [0.05, 0.1) is 0 Å². The normalized spacial score (nSPS) is 10.0. The monoisotopic (exact) mass is 291 g/mol. The second-order valence-corrected chi connectivity index (χ2v) is 4.00. The van der Waals surface area contributed by atoms with E-state index in [1.165, 1.54) is 9.26 Å². The van der Waals surface area contributed by atoms with E-state index in [0.29, 0.717) is 0 Å². The average Bonchev–Trinajstić information content (AvgIpc) is 2.15. The molecular weight excluding hydrogens is 277 g/mol. The van der Waals surface area contributed by atoms with Gasteiger partial charge in [0.2, 0.25) is 0 Å². The van der Waals surface area contributed by atoms with Crippen molar-refractivity contribution in [2.45, 2.75) is 12.8 Å². The van der Waals surface area contributed by atoms with E-state index < -0.39 is 0 Å². The standard InChI is InChI=1S/C10H14INO/c11-9-5-1-2-6-10(9)12-7-3-4-8-13/h1-2,5-6,12-13H,3-4,7-8H2. The number of halogens is 1. The van der Waals surface area contributed by atoms with Gasteiger partial charge in [0.25, 0.3) is 0 Å². The molecule has 0 aliphatic carbocycles. The van der Waals surface area contributed by atoms with Crippen LogP contribution in [0.25, 0.3) is 0 Å². The van der Waals surface area contributed by atoms with Crippen LogP contribution < -0.4 is 5.32 Å². The van der Waals surface area contributed by atoms with E-state index in [9.17, 15) is 0 Å². The van der Waals surface area contributed by atoms with E-state index in [-0.39, 0.29) is 6.61 Å². The minimum atomic E-state index is 0.285. The van der Waals surface area contributed by atoms with E-state index >= 15 is 0 Å². The third-order valence-electron chi connectivity index (χ3n) is 1.77. The molecule has 2 nitrogen and oxygen atoms in total. The van der Waals surface area contributed by atoms with Gasteiger partial charge in [0.1, 0.15) is 0 Å². The van der Waals surface area contributed by atoms with Gasteiger partial charge in [0, 0.05) is 22.4 Å². The second kappa shape index (κ2) is 6.21. The van der Waals surface area contributed by atoms with E-state index in [1.54, 1.807) is 0 Å². The van der Waals surface area contributed by atoms with Crippen LogP contribution in [0.15, 0.2) is 24.3 Å². The van der Waals surface area contributed by atoms with Gasteiger partial charge < -0.3 is 10.4 Å². The van der Waals surface area contributed by atoms with Gasteiger partial charge in [-0.05, 0) is 47.6 Å². The van der Waals surface area contributed by atoms with Crippen molar-refractivity contribution in [3.8, 4) is 0 Å². The number of hydrogen-bond donors (Lipinski definition) is 2. The lowest BCUT2D eigenvalue weighted by molar-refractivity contribution is 0.286. The lowest BCUT2D eigenvalue weighted by Crippen LogP contribution is -2.03. The molecule has 1 rings (SSSR count). The fourth-order valence-electron chi connectivity index (χ4n) is 1.06. The number of aliphatic hydroxyl groups excluding tert-OH is 1. The molecule has 0 fully saturated rings. The molecule has 13 heavy (non-hydrogen) atoms. The zero-order valence-electron chi connectivity index (χ0n) is 7.46. The van der Waals surface area contributed by atoms with Crippen molar-refractivity contribution in [3.05, 3.63) is 27.8 Å². The highest BCUT2D eigenvalue weighted by molar-refractivity contribution is 14.1. The third-order valence-corrected chi connectivity index (χ3v) is 2.71. The molecule has 0 saturated heterocycles. The molecule has 3 heteroatoms. The lowest BCUT2D eigenvalue weighted by Gasteiger charge is -2.07. The average molecular weight is 291 g/mol. The molecule has 1 aromatic carbocycles. The summed E-state index contributed by atoms with van der Waals surface area (Å²) in [4.78, 5) is 0. The molecule has 0 saturated carbocycles. The zero-order valence-corrected chi connectivity index (χ0v) is 9.62. The smallest absolute Gasteiger partial charge is 0.0475 e. The number of aliphatic hydroxyl groups is 1. The van der Waals surface area contributed by atoms with Crippen molar-refractivity contribution < 1.29 is 5.11 Å². The first-order valence-electron chi connectivity index (χ1n) is 4.44. The van der Waals surface area contributed by atoms with Crippen LogP contribution in [0.1, 0.15) is 12.8 Å². The minimum absolute atomic E-state index is 0.285. The number of nitrogens with one attached hydrogen (secondary N) is 1. The predicted octanol–water partition coefficient (Wildman–Crippen LogP) is 2.48. The first-order chi connectivity index (χ1) is 6.34. The highest BCUT2D eigenvalue weighted by atomic mass is 127. The summed E-state index contributed by atoms with van der Waals surface area (Å²) in [7, 11) is 0. The number of para-hydroxylation sites is 1. The van der Waals surface area contributed by atoms with Gasteiger partial charge in [-0.15, -0.1) is 0 Å². The van der Waals surface area contributed by atoms with Crippen LogP contribution in [0.3, 0.4) is 0 Å². The molecule has 0 aliphatic heterocycles. The Balaban J connectivity index is 2.32. The van der Waals surface area contributed by atoms with Crippen LogP contribution >= 0.6 is 22.6 Å². The van der Waals surface area contributed by atoms with Crippen molar-refractivity contribution >= 4 is 28.3 Å². The maximum Gasteiger partial charge on any atom is 0.0475 e. The number of hydrogen-bond acceptors (Lipinski definition) is 2. The summed E-state index contributed by atoms with van der Waals surface area (Å²) >= 11 is 2.31. The van der Waals surface area contributed by atoms with E-state index in [1.807, 2.05) is 12.1 Å². The van der Waals surface area contributed by atoms with Crippen molar-refractivity contribution in [1.29, 1.82) is 0 Å². The minimum Gasteiger partial charge on any atom is -0.396 e. The number of benzene rings is 1. The fourth-order valence-corrected chi connectivity index (χ4v) is 1.64. The van der Waals surface area contributed by atoms with E-state index in [2.05, 4.69) is 40.0 Å². The van der Waals surface area contributed by atoms with Crippen LogP contribution in [-0.4, -0.2) is 18.3 Å². The SMILES string of the molecule is OCCCCNc1ccccc1I. The van der Waals surface area contributed by atoms with Crippen LogP contribution in [-0.2, 0) is 0 Å². The first kappa shape index (κ1) is 10.8. The summed E-state index contributed by atoms with van der Waals surface area (Å²) in [5.41, 5.74) is 1.18. The van der Waals surface area contributed by atoms with Crippen molar-refractivity contribution in [2.75, 3.05) is 18.5 Å². The van der Waals surface area contributed by atoms with Gasteiger partial charge in [-0.25, -0.2) is 0 Å². The molecule has 0 aromatic heterocycles. The zero-order chi connectivity index (χ0) is 9.52. The molecule has 0 bridgehead atoms.